The van der Waals surface area contributed by atoms with Crippen LogP contribution in [0.3, 0.4) is 0 Å². The summed E-state index contributed by atoms with van der Waals surface area (Å²) in [5.74, 6) is -0.253. The highest BCUT2D eigenvalue weighted by Crippen LogP contribution is 2.31. The van der Waals surface area contributed by atoms with E-state index in [2.05, 4.69) is 33.0 Å². The number of aromatic nitrogens is 2. The van der Waals surface area contributed by atoms with Gasteiger partial charge in [0, 0.05) is 10.7 Å². The van der Waals surface area contributed by atoms with Crippen LogP contribution in [0.25, 0.3) is 0 Å². The Bertz CT molecular complexity index is 620. The highest BCUT2D eigenvalue weighted by molar-refractivity contribution is 14.1. The molecule has 0 aliphatic rings. The van der Waals surface area contributed by atoms with Crippen molar-refractivity contribution in [3.8, 4) is 0 Å². The second kappa shape index (κ2) is 7.53. The number of nitrogens with zero attached hydrogens (tertiary/aromatic N) is 2. The molecule has 1 aromatic carbocycles. The van der Waals surface area contributed by atoms with Crippen LogP contribution in [0, 0.1) is 9.39 Å². The van der Waals surface area contributed by atoms with E-state index in [1.807, 2.05) is 11.7 Å². The molecule has 1 aromatic heterocycles. The lowest BCUT2D eigenvalue weighted by Crippen LogP contribution is -2.23. The Morgan fingerprint density at radius 2 is 2.29 bits per heavy atom. The topological polar surface area (TPSA) is 39.1 Å². The summed E-state index contributed by atoms with van der Waals surface area (Å²) in [4.78, 5) is 0. The summed E-state index contributed by atoms with van der Waals surface area (Å²) in [5, 5.41) is 8.08. The summed E-state index contributed by atoms with van der Waals surface area (Å²) in [7, 11) is 3.48. The quantitative estimate of drug-likeness (QED) is 0.725. The predicted molar refractivity (Wildman–Crippen MR) is 89.1 cm³/mol. The highest BCUT2D eigenvalue weighted by atomic mass is 127. The lowest BCUT2D eigenvalue weighted by Gasteiger charge is -2.20. The molecule has 0 radical (unpaired) electrons. The molecule has 2 aromatic rings. The van der Waals surface area contributed by atoms with Crippen LogP contribution < -0.4 is 5.32 Å². The van der Waals surface area contributed by atoms with Gasteiger partial charge in [0.2, 0.25) is 0 Å². The van der Waals surface area contributed by atoms with E-state index < -0.39 is 0 Å². The van der Waals surface area contributed by atoms with Gasteiger partial charge in [0.05, 0.1) is 36.1 Å². The van der Waals surface area contributed by atoms with Crippen molar-refractivity contribution in [2.45, 2.75) is 12.6 Å². The third-order valence-corrected chi connectivity index (χ3v) is 4.40. The fourth-order valence-corrected chi connectivity index (χ4v) is 3.23. The van der Waals surface area contributed by atoms with Crippen molar-refractivity contribution in [3.63, 3.8) is 0 Å². The molecule has 1 unspecified atom stereocenters. The van der Waals surface area contributed by atoms with Crippen LogP contribution in [0.1, 0.15) is 17.3 Å². The van der Waals surface area contributed by atoms with E-state index in [-0.39, 0.29) is 11.9 Å². The van der Waals surface area contributed by atoms with Gasteiger partial charge in [-0.15, -0.1) is 0 Å². The number of nitrogens with one attached hydrogen (secondary N) is 1. The van der Waals surface area contributed by atoms with Crippen molar-refractivity contribution in [1.82, 2.24) is 15.1 Å². The molecule has 2 rings (SSSR count). The van der Waals surface area contributed by atoms with E-state index in [9.17, 15) is 4.39 Å². The van der Waals surface area contributed by atoms with Crippen molar-refractivity contribution in [1.29, 1.82) is 0 Å². The molecular weight excluding hydrogens is 408 g/mol. The van der Waals surface area contributed by atoms with E-state index in [1.165, 1.54) is 12.1 Å². The number of hydrogen-bond acceptors (Lipinski definition) is 3. The van der Waals surface area contributed by atoms with Crippen molar-refractivity contribution in [2.24, 2.45) is 0 Å². The van der Waals surface area contributed by atoms with Gasteiger partial charge in [-0.3, -0.25) is 4.68 Å². The zero-order valence-electron chi connectivity index (χ0n) is 11.7. The van der Waals surface area contributed by atoms with Gasteiger partial charge in [-0.25, -0.2) is 4.39 Å². The molecule has 0 saturated carbocycles. The second-order valence-electron chi connectivity index (χ2n) is 4.48. The molecule has 21 heavy (non-hydrogen) atoms. The molecular formula is C14H16ClFIN3O. The monoisotopic (exact) mass is 423 g/mol. The van der Waals surface area contributed by atoms with Crippen LogP contribution in [0.2, 0.25) is 5.02 Å². The molecule has 1 atom stereocenters. The Morgan fingerprint density at radius 3 is 2.90 bits per heavy atom. The molecule has 1 N–H and O–H groups in total. The van der Waals surface area contributed by atoms with E-state index >= 15 is 0 Å². The average molecular weight is 424 g/mol. The molecule has 0 saturated heterocycles. The van der Waals surface area contributed by atoms with Gasteiger partial charge in [-0.1, -0.05) is 17.7 Å². The molecule has 4 nitrogen and oxygen atoms in total. The van der Waals surface area contributed by atoms with Crippen molar-refractivity contribution in [3.05, 3.63) is 50.1 Å². The molecule has 0 spiro atoms. The predicted octanol–water partition coefficient (Wildman–Crippen LogP) is 3.24. The van der Waals surface area contributed by atoms with Gasteiger partial charge in [0.25, 0.3) is 0 Å². The first kappa shape index (κ1) is 16.7. The standard InChI is InChI=1S/C14H16ClFIN3O/c1-18-13(10-4-3-9(16)7-12(10)17)14-11(15)8-19-20(14)5-6-21-2/h3-4,7-8,13,18H,5-6H2,1-2H3. The number of hydrogen-bond donors (Lipinski definition) is 1. The second-order valence-corrected chi connectivity index (χ2v) is 6.05. The minimum absolute atomic E-state index is 0.163. The summed E-state index contributed by atoms with van der Waals surface area (Å²) in [6.45, 7) is 1.15. The maximum atomic E-state index is 13.3. The molecule has 0 aliphatic carbocycles. The number of methoxy groups -OCH3 is 1. The summed E-state index contributed by atoms with van der Waals surface area (Å²) in [5.41, 5.74) is 1.81. The summed E-state index contributed by atoms with van der Waals surface area (Å²) >= 11 is 8.41. The maximum absolute atomic E-state index is 13.3. The Kier molecular flexibility index (Phi) is 5.98. The first-order valence-electron chi connectivity index (χ1n) is 6.40. The van der Waals surface area contributed by atoms with Crippen LogP contribution in [-0.4, -0.2) is 30.5 Å². The Hall–Kier alpha value is -0.700. The van der Waals surface area contributed by atoms with Crippen LogP contribution in [0.5, 0.6) is 0 Å². The summed E-state index contributed by atoms with van der Waals surface area (Å²) < 4.78 is 21.0. The van der Waals surface area contributed by atoms with Crippen LogP contribution >= 0.6 is 34.2 Å². The molecule has 0 amide bonds. The van der Waals surface area contributed by atoms with Crippen molar-refractivity contribution < 1.29 is 9.13 Å². The number of halogens is 3. The Labute approximate surface area is 141 Å². The summed E-state index contributed by atoms with van der Waals surface area (Å²) in [6.07, 6.45) is 1.62. The summed E-state index contributed by atoms with van der Waals surface area (Å²) in [6, 6.07) is 4.56. The van der Waals surface area contributed by atoms with E-state index in [4.69, 9.17) is 16.3 Å². The fourth-order valence-electron chi connectivity index (χ4n) is 2.19. The molecule has 1 heterocycles. The van der Waals surface area contributed by atoms with Gasteiger partial charge in [-0.2, -0.15) is 5.10 Å². The molecule has 0 fully saturated rings. The third-order valence-electron chi connectivity index (χ3n) is 3.18. The van der Waals surface area contributed by atoms with E-state index in [1.54, 1.807) is 19.4 Å². The Morgan fingerprint density at radius 1 is 1.52 bits per heavy atom. The lowest BCUT2D eigenvalue weighted by molar-refractivity contribution is 0.182. The lowest BCUT2D eigenvalue weighted by atomic mass is 10.0. The van der Waals surface area contributed by atoms with E-state index in [0.717, 1.165) is 14.8 Å². The number of benzene rings is 1. The smallest absolute Gasteiger partial charge is 0.124 e. The fraction of sp³-hybridized carbons (Fsp3) is 0.357. The normalized spacial score (nSPS) is 12.6. The minimum atomic E-state index is -0.253. The molecule has 0 bridgehead atoms. The first-order valence-corrected chi connectivity index (χ1v) is 7.86. The van der Waals surface area contributed by atoms with Crippen LogP contribution in [-0.2, 0) is 11.3 Å². The number of ether oxygens (including phenoxy) is 1. The largest absolute Gasteiger partial charge is 0.383 e. The maximum Gasteiger partial charge on any atom is 0.124 e. The minimum Gasteiger partial charge on any atom is -0.383 e. The zero-order chi connectivity index (χ0) is 15.4. The SMILES string of the molecule is CNC(c1ccc(F)cc1I)c1c(Cl)cnn1CCOC. The molecule has 0 aliphatic heterocycles. The molecule has 114 valence electrons. The van der Waals surface area contributed by atoms with Crippen LogP contribution in [0.4, 0.5) is 4.39 Å². The van der Waals surface area contributed by atoms with Gasteiger partial charge < -0.3 is 10.1 Å². The Balaban J connectivity index is 2.43. The highest BCUT2D eigenvalue weighted by Gasteiger charge is 2.22. The average Bonchev–Trinajstić information content (AvgIpc) is 2.81. The third kappa shape index (κ3) is 3.74. The van der Waals surface area contributed by atoms with Gasteiger partial charge in [-0.05, 0) is 47.3 Å². The molecule has 7 heteroatoms. The van der Waals surface area contributed by atoms with Gasteiger partial charge in [0.15, 0.2) is 0 Å². The van der Waals surface area contributed by atoms with Gasteiger partial charge >= 0.3 is 0 Å². The number of rotatable bonds is 6. The van der Waals surface area contributed by atoms with Crippen LogP contribution in [0.15, 0.2) is 24.4 Å². The van der Waals surface area contributed by atoms with Crippen molar-refractivity contribution >= 4 is 34.2 Å². The van der Waals surface area contributed by atoms with Crippen molar-refractivity contribution in [2.75, 3.05) is 20.8 Å². The first-order chi connectivity index (χ1) is 10.1. The van der Waals surface area contributed by atoms with E-state index in [0.29, 0.717) is 18.2 Å². The van der Waals surface area contributed by atoms with Gasteiger partial charge in [0.1, 0.15) is 5.82 Å². The zero-order valence-corrected chi connectivity index (χ0v) is 14.7.